The number of nitrogens with zero attached hydrogens (tertiary/aromatic N) is 5. The van der Waals surface area contributed by atoms with Crippen molar-refractivity contribution < 1.29 is 4.57 Å². The number of hydrogen-bond donors (Lipinski definition) is 0. The van der Waals surface area contributed by atoms with Crippen molar-refractivity contribution in [2.24, 2.45) is 0 Å². The van der Waals surface area contributed by atoms with E-state index in [0.29, 0.717) is 0 Å². The third-order valence-corrected chi connectivity index (χ3v) is 3.44. The molecule has 0 spiro atoms. The highest BCUT2D eigenvalue weighted by Crippen LogP contribution is 2.22. The molecule has 0 saturated heterocycles. The lowest BCUT2D eigenvalue weighted by Crippen LogP contribution is -2.32. The highest BCUT2D eigenvalue weighted by atomic mass is 32.1. The normalized spacial score (nSPS) is 11.1. The monoisotopic (exact) mass is 246 g/mol. The summed E-state index contributed by atoms with van der Waals surface area (Å²) in [5.41, 5.74) is 1.12. The van der Waals surface area contributed by atoms with E-state index in [4.69, 9.17) is 0 Å². The molecular weight excluding hydrogens is 234 g/mol. The summed E-state index contributed by atoms with van der Waals surface area (Å²) in [7, 11) is 0. The number of aryl methyl sites for hydroxylation is 1. The van der Waals surface area contributed by atoms with Gasteiger partial charge in [0.15, 0.2) is 17.4 Å². The van der Waals surface area contributed by atoms with Gasteiger partial charge in [-0.2, -0.15) is 9.61 Å². The van der Waals surface area contributed by atoms with E-state index in [1.165, 1.54) is 0 Å². The van der Waals surface area contributed by atoms with Gasteiger partial charge in [0.2, 0.25) is 4.96 Å². The summed E-state index contributed by atoms with van der Waals surface area (Å²) in [6.45, 7) is 3.20. The molecule has 0 aliphatic carbocycles. The summed E-state index contributed by atoms with van der Waals surface area (Å²) < 4.78 is 3.88. The number of hydrogen-bond acceptors (Lipinski definition) is 4. The Morgan fingerprint density at radius 2 is 2.41 bits per heavy atom. The van der Waals surface area contributed by atoms with Crippen LogP contribution in [-0.4, -0.2) is 19.8 Å². The zero-order valence-corrected chi connectivity index (χ0v) is 10.3. The van der Waals surface area contributed by atoms with Gasteiger partial charge in [-0.1, -0.05) is 18.3 Å². The summed E-state index contributed by atoms with van der Waals surface area (Å²) in [4.78, 5) is 0.825. The van der Waals surface area contributed by atoms with Gasteiger partial charge in [0.05, 0.1) is 5.56 Å². The lowest BCUT2D eigenvalue weighted by Gasteiger charge is -1.95. The van der Waals surface area contributed by atoms with Crippen molar-refractivity contribution in [3.8, 4) is 10.6 Å². The van der Waals surface area contributed by atoms with E-state index in [9.17, 15) is 0 Å². The van der Waals surface area contributed by atoms with Crippen molar-refractivity contribution in [3.05, 3.63) is 30.9 Å². The van der Waals surface area contributed by atoms with Gasteiger partial charge >= 0.3 is 0 Å². The maximum atomic E-state index is 4.44. The summed E-state index contributed by atoms with van der Waals surface area (Å²) in [5.74, 6) is 0. The molecule has 0 radical (unpaired) electrons. The largest absolute Gasteiger partial charge is 0.234 e. The molecule has 0 fully saturated rings. The van der Waals surface area contributed by atoms with E-state index < -0.39 is 0 Å². The molecule has 0 aliphatic rings. The first kappa shape index (κ1) is 10.3. The van der Waals surface area contributed by atoms with E-state index in [2.05, 4.69) is 45.2 Å². The Hall–Kier alpha value is -1.82. The lowest BCUT2D eigenvalue weighted by molar-refractivity contribution is -0.696. The fourth-order valence-electron chi connectivity index (χ4n) is 1.72. The van der Waals surface area contributed by atoms with Gasteiger partial charge in [0.25, 0.3) is 0 Å². The van der Waals surface area contributed by atoms with Crippen LogP contribution in [0, 0.1) is 0 Å². The zero-order chi connectivity index (χ0) is 11.7. The molecule has 3 heterocycles. The smallest absolute Gasteiger partial charge is 0.204 e. The highest BCUT2D eigenvalue weighted by molar-refractivity contribution is 7.19. The van der Waals surface area contributed by atoms with Crippen molar-refractivity contribution in [3.63, 3.8) is 0 Å². The van der Waals surface area contributed by atoms with Gasteiger partial charge in [0, 0.05) is 12.5 Å². The maximum Gasteiger partial charge on any atom is 0.234 e. The molecule has 5 nitrogen and oxygen atoms in total. The molecule has 0 N–H and O–H groups in total. The molecule has 3 aromatic heterocycles. The average Bonchev–Trinajstić information content (AvgIpc) is 2.89. The minimum absolute atomic E-state index is 0.825. The molecule has 0 atom stereocenters. The second-order valence-corrected chi connectivity index (χ2v) is 4.75. The first-order chi connectivity index (χ1) is 8.36. The average molecular weight is 246 g/mol. The third kappa shape index (κ3) is 1.91. The molecule has 0 unspecified atom stereocenters. The van der Waals surface area contributed by atoms with E-state index in [0.717, 1.165) is 28.5 Å². The van der Waals surface area contributed by atoms with Crippen LogP contribution in [0.25, 0.3) is 15.5 Å². The van der Waals surface area contributed by atoms with Gasteiger partial charge in [-0.25, -0.2) is 4.57 Å². The summed E-state index contributed by atoms with van der Waals surface area (Å²) in [5, 5.41) is 13.2. The molecule has 17 heavy (non-hydrogen) atoms. The van der Waals surface area contributed by atoms with Gasteiger partial charge in [0.1, 0.15) is 12.9 Å². The Morgan fingerprint density at radius 1 is 1.47 bits per heavy atom. The molecule has 86 valence electrons. The molecular formula is C11H12N5S+. The van der Waals surface area contributed by atoms with Crippen LogP contribution in [0.4, 0.5) is 0 Å². The predicted molar refractivity (Wildman–Crippen MR) is 64.6 cm³/mol. The van der Waals surface area contributed by atoms with Crippen LogP contribution in [0.15, 0.2) is 30.9 Å². The zero-order valence-electron chi connectivity index (χ0n) is 9.45. The predicted octanol–water partition coefficient (Wildman–Crippen LogP) is 1.55. The Balaban J connectivity index is 2.02. The van der Waals surface area contributed by atoms with Crippen molar-refractivity contribution in [1.82, 2.24) is 19.8 Å². The van der Waals surface area contributed by atoms with Crippen LogP contribution >= 0.6 is 11.3 Å². The topological polar surface area (TPSA) is 47.0 Å². The second-order valence-electron chi connectivity index (χ2n) is 3.80. The van der Waals surface area contributed by atoms with Gasteiger partial charge in [-0.3, -0.25) is 0 Å². The Labute approximate surface area is 102 Å². The second kappa shape index (κ2) is 4.21. The first-order valence-corrected chi connectivity index (χ1v) is 6.35. The lowest BCUT2D eigenvalue weighted by atomic mass is 10.3. The maximum absolute atomic E-state index is 4.44. The number of aromatic nitrogens is 5. The summed E-state index contributed by atoms with van der Waals surface area (Å²) in [6, 6.07) is 4.12. The highest BCUT2D eigenvalue weighted by Gasteiger charge is 2.10. The van der Waals surface area contributed by atoms with Crippen LogP contribution in [0.2, 0.25) is 0 Å². The fourth-order valence-corrected chi connectivity index (χ4v) is 2.53. The van der Waals surface area contributed by atoms with Gasteiger partial charge < -0.3 is 0 Å². The number of rotatable bonds is 3. The van der Waals surface area contributed by atoms with Crippen molar-refractivity contribution in [2.45, 2.75) is 19.9 Å². The Morgan fingerprint density at radius 3 is 3.24 bits per heavy atom. The van der Waals surface area contributed by atoms with Crippen LogP contribution in [0.1, 0.15) is 13.3 Å². The summed E-state index contributed by atoms with van der Waals surface area (Å²) in [6.07, 6.45) is 6.94. The van der Waals surface area contributed by atoms with E-state index in [1.54, 1.807) is 22.2 Å². The summed E-state index contributed by atoms with van der Waals surface area (Å²) >= 11 is 1.55. The molecule has 0 bridgehead atoms. The molecule has 0 aromatic carbocycles. The number of pyridine rings is 1. The van der Waals surface area contributed by atoms with E-state index in [-0.39, 0.29) is 0 Å². The van der Waals surface area contributed by atoms with Crippen molar-refractivity contribution >= 4 is 16.3 Å². The molecule has 3 rings (SSSR count). The van der Waals surface area contributed by atoms with Gasteiger partial charge in [-0.05, 0) is 6.07 Å². The molecule has 6 heteroatoms. The van der Waals surface area contributed by atoms with Crippen LogP contribution < -0.4 is 4.57 Å². The molecule has 0 aliphatic heterocycles. The van der Waals surface area contributed by atoms with Crippen molar-refractivity contribution in [1.29, 1.82) is 0 Å². The SMILES string of the molecule is CCC[n+]1cccc(-c2nn3cnnc3s2)c1. The Kier molecular flexibility index (Phi) is 2.56. The fraction of sp³-hybridized carbons (Fsp3) is 0.273. The quantitative estimate of drug-likeness (QED) is 0.659. The molecule has 3 aromatic rings. The Bertz CT molecular complexity index is 613. The van der Waals surface area contributed by atoms with Crippen LogP contribution in [0.5, 0.6) is 0 Å². The number of fused-ring (bicyclic) bond motifs is 1. The van der Waals surface area contributed by atoms with Crippen molar-refractivity contribution in [2.75, 3.05) is 0 Å². The van der Waals surface area contributed by atoms with Crippen LogP contribution in [0.3, 0.4) is 0 Å². The van der Waals surface area contributed by atoms with E-state index >= 15 is 0 Å². The van der Waals surface area contributed by atoms with Gasteiger partial charge in [-0.15, -0.1) is 10.2 Å². The van der Waals surface area contributed by atoms with Crippen LogP contribution in [-0.2, 0) is 6.54 Å². The molecule has 0 amide bonds. The standard InChI is InChI=1S/C11H12N5S/c1-2-5-15-6-3-4-9(7-15)10-14-16-8-12-13-11(16)17-10/h3-4,6-8H,2,5H2,1H3/q+1. The molecule has 0 saturated carbocycles. The van der Waals surface area contributed by atoms with E-state index in [1.807, 2.05) is 6.07 Å². The third-order valence-electron chi connectivity index (χ3n) is 2.47. The minimum Gasteiger partial charge on any atom is -0.204 e. The first-order valence-electron chi connectivity index (χ1n) is 5.53. The minimum atomic E-state index is 0.825.